The first-order valence-electron chi connectivity index (χ1n) is 3.95. The van der Waals surface area contributed by atoms with Crippen molar-refractivity contribution in [3.05, 3.63) is 0 Å². The molecule has 4 heteroatoms. The lowest BCUT2D eigenvalue weighted by atomic mass is 10.2. The van der Waals surface area contributed by atoms with Crippen molar-refractivity contribution < 1.29 is 9.53 Å². The van der Waals surface area contributed by atoms with Crippen LogP contribution in [0.4, 0.5) is 4.79 Å². The quantitative estimate of drug-likeness (QED) is 0.653. The number of carbonyl (C=O) groups excluding carboxylic acids is 1. The molecule has 0 saturated carbocycles. The predicted octanol–water partition coefficient (Wildman–Crippen LogP) is 1.83. The second-order valence-corrected chi connectivity index (χ2v) is 4.09. The van der Waals surface area contributed by atoms with Gasteiger partial charge in [0.25, 0.3) is 0 Å². The monoisotopic (exact) mass is 191 g/mol. The first-order chi connectivity index (χ1) is 5.35. The number of hydrogen-bond donors (Lipinski definition) is 2. The zero-order valence-corrected chi connectivity index (χ0v) is 8.94. The molecule has 0 bridgehead atoms. The molecule has 0 saturated heterocycles. The van der Waals surface area contributed by atoms with Crippen LogP contribution in [0.2, 0.25) is 0 Å². The third-order valence-corrected chi connectivity index (χ3v) is 1.58. The van der Waals surface area contributed by atoms with Crippen LogP contribution in [0.5, 0.6) is 0 Å². The third-order valence-electron chi connectivity index (χ3n) is 1.04. The Morgan fingerprint density at radius 1 is 1.58 bits per heavy atom. The van der Waals surface area contributed by atoms with Gasteiger partial charge in [-0.15, -0.1) is 0 Å². The summed E-state index contributed by atoms with van der Waals surface area (Å²) in [6, 6.07) is 0.0446. The lowest BCUT2D eigenvalue weighted by Gasteiger charge is -2.21. The second kappa shape index (κ2) is 4.60. The van der Waals surface area contributed by atoms with Gasteiger partial charge in [0.1, 0.15) is 5.60 Å². The molecule has 0 heterocycles. The Bertz CT molecular complexity index is 154. The fourth-order valence-corrected chi connectivity index (χ4v) is 0.646. The minimum Gasteiger partial charge on any atom is -0.444 e. The molecule has 0 radical (unpaired) electrons. The Morgan fingerprint density at radius 3 is 2.42 bits per heavy atom. The highest BCUT2D eigenvalue weighted by Crippen LogP contribution is 2.06. The SMILES string of the molecule is C[C@@H](CS)NC(=O)OC(C)(C)C. The number of nitrogens with one attached hydrogen (secondary N) is 1. The lowest BCUT2D eigenvalue weighted by Crippen LogP contribution is -2.38. The Kier molecular flexibility index (Phi) is 4.45. The number of amides is 1. The summed E-state index contributed by atoms with van der Waals surface area (Å²) in [6.45, 7) is 7.37. The van der Waals surface area contributed by atoms with Crippen LogP contribution in [0.25, 0.3) is 0 Å². The molecule has 0 aromatic carbocycles. The molecule has 0 aromatic rings. The topological polar surface area (TPSA) is 38.3 Å². The van der Waals surface area contributed by atoms with Crippen LogP contribution in [0.1, 0.15) is 27.7 Å². The summed E-state index contributed by atoms with van der Waals surface area (Å²) < 4.78 is 5.03. The van der Waals surface area contributed by atoms with E-state index in [0.29, 0.717) is 5.75 Å². The maximum atomic E-state index is 11.1. The van der Waals surface area contributed by atoms with Gasteiger partial charge >= 0.3 is 6.09 Å². The van der Waals surface area contributed by atoms with E-state index < -0.39 is 5.60 Å². The van der Waals surface area contributed by atoms with Crippen LogP contribution in [-0.2, 0) is 4.74 Å². The van der Waals surface area contributed by atoms with Crippen molar-refractivity contribution in [1.29, 1.82) is 0 Å². The number of carbonyl (C=O) groups is 1. The fourth-order valence-electron chi connectivity index (χ4n) is 0.554. The van der Waals surface area contributed by atoms with E-state index in [2.05, 4.69) is 17.9 Å². The van der Waals surface area contributed by atoms with E-state index in [0.717, 1.165) is 0 Å². The van der Waals surface area contributed by atoms with Gasteiger partial charge in [0, 0.05) is 11.8 Å². The fraction of sp³-hybridized carbons (Fsp3) is 0.875. The highest BCUT2D eigenvalue weighted by Gasteiger charge is 2.16. The summed E-state index contributed by atoms with van der Waals surface area (Å²) in [6.07, 6.45) is -0.385. The average molecular weight is 191 g/mol. The molecule has 0 aliphatic rings. The zero-order chi connectivity index (χ0) is 9.78. The number of ether oxygens (including phenoxy) is 1. The number of thiol groups is 1. The van der Waals surface area contributed by atoms with Crippen LogP contribution in [-0.4, -0.2) is 23.5 Å². The van der Waals surface area contributed by atoms with Gasteiger partial charge in [-0.25, -0.2) is 4.79 Å². The van der Waals surface area contributed by atoms with Gasteiger partial charge < -0.3 is 10.1 Å². The number of alkyl carbamates (subject to hydrolysis) is 1. The minimum atomic E-state index is -0.430. The van der Waals surface area contributed by atoms with Gasteiger partial charge in [-0.3, -0.25) is 0 Å². The smallest absolute Gasteiger partial charge is 0.407 e. The number of rotatable bonds is 2. The van der Waals surface area contributed by atoms with Gasteiger partial charge in [0.2, 0.25) is 0 Å². The van der Waals surface area contributed by atoms with Crippen LogP contribution in [0, 0.1) is 0 Å². The molecule has 0 spiro atoms. The van der Waals surface area contributed by atoms with E-state index >= 15 is 0 Å². The molecule has 72 valence electrons. The first-order valence-corrected chi connectivity index (χ1v) is 4.59. The van der Waals surface area contributed by atoms with Crippen molar-refractivity contribution in [1.82, 2.24) is 5.32 Å². The summed E-state index contributed by atoms with van der Waals surface area (Å²) in [7, 11) is 0. The molecule has 0 aliphatic heterocycles. The van der Waals surface area contributed by atoms with E-state index in [9.17, 15) is 4.79 Å². The molecule has 0 rings (SSSR count). The average Bonchev–Trinajstić information content (AvgIpc) is 1.82. The summed E-state index contributed by atoms with van der Waals surface area (Å²) in [5, 5.41) is 2.65. The van der Waals surface area contributed by atoms with Gasteiger partial charge in [-0.2, -0.15) is 12.6 Å². The molecule has 3 nitrogen and oxygen atoms in total. The first kappa shape index (κ1) is 11.6. The molecule has 0 unspecified atom stereocenters. The standard InChI is InChI=1S/C8H17NO2S/c1-6(5-12)9-7(10)11-8(2,3)4/h6,12H,5H2,1-4H3,(H,9,10)/t6-/m0/s1. The number of hydrogen-bond acceptors (Lipinski definition) is 3. The normalized spacial score (nSPS) is 13.8. The van der Waals surface area contributed by atoms with E-state index in [1.54, 1.807) is 0 Å². The minimum absolute atomic E-state index is 0.0446. The molecule has 12 heavy (non-hydrogen) atoms. The Morgan fingerprint density at radius 2 is 2.08 bits per heavy atom. The van der Waals surface area contributed by atoms with Crippen LogP contribution in [0.15, 0.2) is 0 Å². The van der Waals surface area contributed by atoms with Crippen LogP contribution < -0.4 is 5.32 Å². The molecule has 1 N–H and O–H groups in total. The zero-order valence-electron chi connectivity index (χ0n) is 8.05. The van der Waals surface area contributed by atoms with Crippen molar-refractivity contribution in [2.45, 2.75) is 39.3 Å². The molecular formula is C8H17NO2S. The maximum Gasteiger partial charge on any atom is 0.407 e. The van der Waals surface area contributed by atoms with E-state index in [1.807, 2.05) is 27.7 Å². The van der Waals surface area contributed by atoms with Crippen molar-refractivity contribution in [3.8, 4) is 0 Å². The predicted molar refractivity (Wildman–Crippen MR) is 52.7 cm³/mol. The molecule has 1 amide bonds. The molecule has 1 atom stereocenters. The van der Waals surface area contributed by atoms with Crippen molar-refractivity contribution in [2.24, 2.45) is 0 Å². The molecule has 0 fully saturated rings. The van der Waals surface area contributed by atoms with Crippen molar-refractivity contribution >= 4 is 18.7 Å². The van der Waals surface area contributed by atoms with Gasteiger partial charge in [0.05, 0.1) is 0 Å². The van der Waals surface area contributed by atoms with Crippen LogP contribution in [0.3, 0.4) is 0 Å². The van der Waals surface area contributed by atoms with E-state index in [4.69, 9.17) is 4.74 Å². The second-order valence-electron chi connectivity index (χ2n) is 3.73. The van der Waals surface area contributed by atoms with Crippen molar-refractivity contribution in [3.63, 3.8) is 0 Å². The molecule has 0 aromatic heterocycles. The molecular weight excluding hydrogens is 174 g/mol. The van der Waals surface area contributed by atoms with Crippen molar-refractivity contribution in [2.75, 3.05) is 5.75 Å². The van der Waals surface area contributed by atoms with Gasteiger partial charge in [-0.05, 0) is 27.7 Å². The summed E-state index contributed by atoms with van der Waals surface area (Å²) >= 11 is 4.03. The summed E-state index contributed by atoms with van der Waals surface area (Å²) in [5.74, 6) is 0.610. The highest BCUT2D eigenvalue weighted by molar-refractivity contribution is 7.80. The summed E-state index contributed by atoms with van der Waals surface area (Å²) in [4.78, 5) is 11.1. The largest absolute Gasteiger partial charge is 0.444 e. The van der Waals surface area contributed by atoms with Gasteiger partial charge in [-0.1, -0.05) is 0 Å². The Hall–Kier alpha value is -0.380. The highest BCUT2D eigenvalue weighted by atomic mass is 32.1. The van der Waals surface area contributed by atoms with E-state index in [-0.39, 0.29) is 12.1 Å². The van der Waals surface area contributed by atoms with E-state index in [1.165, 1.54) is 0 Å². The molecule has 0 aliphatic carbocycles. The summed E-state index contributed by atoms with van der Waals surface area (Å²) in [5.41, 5.74) is -0.430. The Labute approximate surface area is 79.3 Å². The maximum absolute atomic E-state index is 11.1. The third kappa shape index (κ3) is 6.34. The Balaban J connectivity index is 3.75. The van der Waals surface area contributed by atoms with Crippen LogP contribution >= 0.6 is 12.6 Å². The lowest BCUT2D eigenvalue weighted by molar-refractivity contribution is 0.0513. The van der Waals surface area contributed by atoms with Gasteiger partial charge in [0.15, 0.2) is 0 Å².